The largest absolute Gasteiger partial charge is 0.465 e. The molecular weight excluding hydrogens is 368 g/mol. The minimum absolute atomic E-state index is 0.0537. The van der Waals surface area contributed by atoms with Crippen LogP contribution in [-0.4, -0.2) is 48.2 Å². The molecule has 0 bridgehead atoms. The van der Waals surface area contributed by atoms with Gasteiger partial charge >= 0.3 is 6.09 Å². The van der Waals surface area contributed by atoms with Crippen LogP contribution in [0.2, 0.25) is 0 Å². The van der Waals surface area contributed by atoms with Gasteiger partial charge in [0.15, 0.2) is 0 Å². The lowest BCUT2D eigenvalue weighted by Gasteiger charge is -2.35. The van der Waals surface area contributed by atoms with Crippen molar-refractivity contribution in [2.45, 2.75) is 30.2 Å². The first-order valence-electron chi connectivity index (χ1n) is 8.51. The molecule has 0 aromatic heterocycles. The van der Waals surface area contributed by atoms with Gasteiger partial charge in [-0.15, -0.1) is 0 Å². The first-order valence-corrected chi connectivity index (χ1v) is 9.95. The summed E-state index contributed by atoms with van der Waals surface area (Å²) in [6.45, 7) is 2.88. The van der Waals surface area contributed by atoms with Gasteiger partial charge in [-0.3, -0.25) is 4.55 Å². The Hall–Kier alpha value is -2.42. The van der Waals surface area contributed by atoms with E-state index in [1.807, 2.05) is 37.3 Å². The molecule has 7 nitrogen and oxygen atoms in total. The Bertz CT molecular complexity index is 853. The van der Waals surface area contributed by atoms with Crippen LogP contribution in [-0.2, 0) is 10.1 Å². The Morgan fingerprint density at radius 3 is 2.22 bits per heavy atom. The van der Waals surface area contributed by atoms with Crippen molar-refractivity contribution in [3.63, 3.8) is 0 Å². The molecule has 1 heterocycles. The SMILES string of the molecule is Cc1ccc(S(=O)(=O)O)cc1.NC1CCN(C(=O)O)CC1c1ccccc1. The summed E-state index contributed by atoms with van der Waals surface area (Å²) in [6, 6.07) is 15.9. The number of nitrogens with zero attached hydrogens (tertiary/aromatic N) is 1. The zero-order valence-corrected chi connectivity index (χ0v) is 15.8. The topological polar surface area (TPSA) is 121 Å². The first kappa shape index (κ1) is 20.9. The van der Waals surface area contributed by atoms with Crippen LogP contribution in [0.1, 0.15) is 23.5 Å². The second kappa shape index (κ2) is 8.98. The van der Waals surface area contributed by atoms with E-state index in [-0.39, 0.29) is 16.9 Å². The van der Waals surface area contributed by atoms with E-state index in [1.54, 1.807) is 12.1 Å². The number of carbonyl (C=O) groups is 1. The van der Waals surface area contributed by atoms with Crippen molar-refractivity contribution in [1.29, 1.82) is 0 Å². The van der Waals surface area contributed by atoms with E-state index in [2.05, 4.69) is 0 Å². The number of hydrogen-bond acceptors (Lipinski definition) is 4. The molecular formula is C19H24N2O5S. The minimum atomic E-state index is -4.02. The summed E-state index contributed by atoms with van der Waals surface area (Å²) in [5.74, 6) is 0.117. The van der Waals surface area contributed by atoms with Crippen molar-refractivity contribution in [2.24, 2.45) is 5.73 Å². The molecule has 8 heteroatoms. The average Bonchev–Trinajstić information content (AvgIpc) is 2.63. The number of amides is 1. The van der Waals surface area contributed by atoms with E-state index in [9.17, 15) is 13.2 Å². The predicted molar refractivity (Wildman–Crippen MR) is 102 cm³/mol. The van der Waals surface area contributed by atoms with E-state index < -0.39 is 16.2 Å². The standard InChI is InChI=1S/C12H16N2O2.C7H8O3S/c13-11-6-7-14(12(15)16)8-10(11)9-4-2-1-3-5-9;1-6-2-4-7(5-3-6)11(8,9)10/h1-5,10-11H,6-8,13H2,(H,15,16);2-5H,1H3,(H,8,9,10). The van der Waals surface area contributed by atoms with Crippen LogP contribution in [0, 0.1) is 6.92 Å². The summed E-state index contributed by atoms with van der Waals surface area (Å²) >= 11 is 0. The molecule has 2 aromatic carbocycles. The number of hydrogen-bond donors (Lipinski definition) is 3. The fraction of sp³-hybridized carbons (Fsp3) is 0.316. The highest BCUT2D eigenvalue weighted by molar-refractivity contribution is 7.85. The van der Waals surface area contributed by atoms with Crippen molar-refractivity contribution in [2.75, 3.05) is 13.1 Å². The summed E-state index contributed by atoms with van der Waals surface area (Å²) in [7, 11) is -4.02. The lowest BCUT2D eigenvalue weighted by Crippen LogP contribution is -2.47. The molecule has 0 radical (unpaired) electrons. The third-order valence-corrected chi connectivity index (χ3v) is 5.35. The first-order chi connectivity index (χ1) is 12.7. The Balaban J connectivity index is 0.000000208. The fourth-order valence-corrected chi connectivity index (χ4v) is 3.39. The van der Waals surface area contributed by atoms with Crippen LogP contribution < -0.4 is 5.73 Å². The van der Waals surface area contributed by atoms with Crippen molar-refractivity contribution in [3.05, 3.63) is 65.7 Å². The third kappa shape index (κ3) is 6.06. The number of likely N-dealkylation sites (tertiary alicyclic amines) is 1. The minimum Gasteiger partial charge on any atom is -0.465 e. The van der Waals surface area contributed by atoms with Gasteiger partial charge in [-0.05, 0) is 31.0 Å². The molecule has 3 rings (SSSR count). The molecule has 0 spiro atoms. The Morgan fingerprint density at radius 1 is 1.11 bits per heavy atom. The van der Waals surface area contributed by atoms with Gasteiger partial charge in [-0.1, -0.05) is 48.0 Å². The van der Waals surface area contributed by atoms with E-state index in [1.165, 1.54) is 17.0 Å². The molecule has 1 aliphatic rings. The van der Waals surface area contributed by atoms with Gasteiger partial charge in [0, 0.05) is 25.0 Å². The van der Waals surface area contributed by atoms with E-state index in [0.717, 1.165) is 17.5 Å². The molecule has 27 heavy (non-hydrogen) atoms. The number of nitrogens with two attached hydrogens (primary N) is 1. The Kier molecular flexibility index (Phi) is 6.95. The number of carboxylic acid groups (broad SMARTS) is 1. The number of aryl methyl sites for hydroxylation is 1. The molecule has 146 valence electrons. The molecule has 1 fully saturated rings. The third-order valence-electron chi connectivity index (χ3n) is 4.48. The molecule has 2 unspecified atom stereocenters. The van der Waals surface area contributed by atoms with Crippen molar-refractivity contribution < 1.29 is 22.9 Å². The quantitative estimate of drug-likeness (QED) is 0.676. The van der Waals surface area contributed by atoms with Crippen LogP contribution in [0.3, 0.4) is 0 Å². The maximum absolute atomic E-state index is 10.9. The highest BCUT2D eigenvalue weighted by Gasteiger charge is 2.29. The summed E-state index contributed by atoms with van der Waals surface area (Å²) in [6.07, 6.45) is -0.126. The second-order valence-corrected chi connectivity index (χ2v) is 7.91. The number of rotatable bonds is 2. The van der Waals surface area contributed by atoms with Crippen LogP contribution in [0.25, 0.3) is 0 Å². The summed E-state index contributed by atoms with van der Waals surface area (Å²) < 4.78 is 29.6. The van der Waals surface area contributed by atoms with Crippen LogP contribution in [0.15, 0.2) is 59.5 Å². The highest BCUT2D eigenvalue weighted by Crippen LogP contribution is 2.25. The zero-order valence-electron chi connectivity index (χ0n) is 15.0. The highest BCUT2D eigenvalue weighted by atomic mass is 32.2. The van der Waals surface area contributed by atoms with E-state index >= 15 is 0 Å². The lowest BCUT2D eigenvalue weighted by molar-refractivity contribution is 0.126. The maximum Gasteiger partial charge on any atom is 0.407 e. The molecule has 2 aromatic rings. The molecule has 2 atom stereocenters. The molecule has 1 amide bonds. The van der Waals surface area contributed by atoms with E-state index in [4.69, 9.17) is 15.4 Å². The molecule has 4 N–H and O–H groups in total. The summed E-state index contributed by atoms with van der Waals surface area (Å²) in [5, 5.41) is 8.97. The number of piperidine rings is 1. The van der Waals surface area contributed by atoms with Gasteiger partial charge in [0.2, 0.25) is 0 Å². The van der Waals surface area contributed by atoms with Crippen molar-refractivity contribution in [3.8, 4) is 0 Å². The van der Waals surface area contributed by atoms with Gasteiger partial charge in [-0.2, -0.15) is 8.42 Å². The van der Waals surface area contributed by atoms with Crippen LogP contribution in [0.5, 0.6) is 0 Å². The van der Waals surface area contributed by atoms with Gasteiger partial charge in [0.1, 0.15) is 0 Å². The van der Waals surface area contributed by atoms with Gasteiger partial charge in [-0.25, -0.2) is 4.79 Å². The van der Waals surface area contributed by atoms with Crippen molar-refractivity contribution in [1.82, 2.24) is 4.90 Å². The normalized spacial score (nSPS) is 19.7. The van der Waals surface area contributed by atoms with Crippen molar-refractivity contribution >= 4 is 16.2 Å². The monoisotopic (exact) mass is 392 g/mol. The lowest BCUT2D eigenvalue weighted by atomic mass is 9.87. The van der Waals surface area contributed by atoms with Crippen LogP contribution >= 0.6 is 0 Å². The molecule has 0 saturated carbocycles. The van der Waals surface area contributed by atoms with Gasteiger partial charge < -0.3 is 15.7 Å². The molecule has 1 saturated heterocycles. The molecule has 1 aliphatic heterocycles. The van der Waals surface area contributed by atoms with Crippen LogP contribution in [0.4, 0.5) is 4.79 Å². The maximum atomic E-state index is 10.9. The average molecular weight is 392 g/mol. The predicted octanol–water partition coefficient (Wildman–Crippen LogP) is 2.72. The Labute approximate surface area is 159 Å². The van der Waals surface area contributed by atoms with Gasteiger partial charge in [0.05, 0.1) is 4.90 Å². The Morgan fingerprint density at radius 2 is 1.70 bits per heavy atom. The van der Waals surface area contributed by atoms with E-state index in [0.29, 0.717) is 13.1 Å². The smallest absolute Gasteiger partial charge is 0.407 e. The molecule has 0 aliphatic carbocycles. The fourth-order valence-electron chi connectivity index (χ4n) is 2.91. The summed E-state index contributed by atoms with van der Waals surface area (Å²) in [4.78, 5) is 12.3. The van der Waals surface area contributed by atoms with Gasteiger partial charge in [0.25, 0.3) is 10.1 Å². The zero-order chi connectivity index (χ0) is 20.0. The number of benzene rings is 2. The summed E-state index contributed by atoms with van der Waals surface area (Å²) in [5.41, 5.74) is 8.14. The second-order valence-electron chi connectivity index (χ2n) is 6.49.